The van der Waals surface area contributed by atoms with Crippen molar-refractivity contribution in [2.24, 2.45) is 0 Å². The van der Waals surface area contributed by atoms with Gasteiger partial charge in [-0.1, -0.05) is 18.2 Å². The molecule has 0 radical (unpaired) electrons. The molecule has 5 heteroatoms. The molecule has 0 spiro atoms. The first-order valence-corrected chi connectivity index (χ1v) is 6.01. The molecule has 3 aromatic rings. The zero-order valence-corrected chi connectivity index (χ0v) is 10.4. The molecule has 0 unspecified atom stereocenters. The van der Waals surface area contributed by atoms with Crippen molar-refractivity contribution < 1.29 is 9.18 Å². The van der Waals surface area contributed by atoms with E-state index in [0.717, 1.165) is 5.39 Å². The number of anilines is 1. The minimum absolute atomic E-state index is 0.303. The zero-order chi connectivity index (χ0) is 13.9. The lowest BCUT2D eigenvalue weighted by molar-refractivity contribution is 0.102. The average molecular weight is 267 g/mol. The minimum Gasteiger partial charge on any atom is -0.321 e. The molecule has 3 rings (SSSR count). The number of benzene rings is 1. The normalized spacial score (nSPS) is 10.4. The first-order valence-electron chi connectivity index (χ1n) is 6.01. The van der Waals surface area contributed by atoms with Crippen molar-refractivity contribution in [2.75, 3.05) is 5.32 Å². The summed E-state index contributed by atoms with van der Waals surface area (Å²) in [6.45, 7) is 0. The van der Waals surface area contributed by atoms with Crippen LogP contribution in [0.5, 0.6) is 0 Å². The molecule has 98 valence electrons. The number of halogens is 1. The van der Waals surface area contributed by atoms with E-state index in [1.807, 2.05) is 18.2 Å². The van der Waals surface area contributed by atoms with Gasteiger partial charge in [0.25, 0.3) is 5.91 Å². The van der Waals surface area contributed by atoms with Gasteiger partial charge in [0, 0.05) is 11.6 Å². The summed E-state index contributed by atoms with van der Waals surface area (Å²) < 4.78 is 12.7. The summed E-state index contributed by atoms with van der Waals surface area (Å²) in [5.74, 6) is -0.891. The van der Waals surface area contributed by atoms with Gasteiger partial charge in [-0.2, -0.15) is 4.39 Å². The molecule has 4 nitrogen and oxygen atoms in total. The number of para-hydroxylation sites is 1. The summed E-state index contributed by atoms with van der Waals surface area (Å²) in [6, 6.07) is 11.7. The maximum atomic E-state index is 12.7. The molecule has 0 fully saturated rings. The van der Waals surface area contributed by atoms with Crippen molar-refractivity contribution >= 4 is 22.5 Å². The van der Waals surface area contributed by atoms with Crippen LogP contribution in [0.15, 0.2) is 54.9 Å². The van der Waals surface area contributed by atoms with Crippen molar-refractivity contribution in [3.63, 3.8) is 0 Å². The number of pyridine rings is 2. The largest absolute Gasteiger partial charge is 0.321 e. The standard InChI is InChI=1S/C15H10FN3O/c16-13-7-6-11(9-18-13)19-15(20)12-5-1-3-10-4-2-8-17-14(10)12/h1-9H,(H,19,20). The Labute approximate surface area is 114 Å². The van der Waals surface area contributed by atoms with Crippen LogP contribution in [0.2, 0.25) is 0 Å². The molecule has 0 bridgehead atoms. The number of carbonyl (C=O) groups excluding carboxylic acids is 1. The number of aromatic nitrogens is 2. The fourth-order valence-corrected chi connectivity index (χ4v) is 1.94. The summed E-state index contributed by atoms with van der Waals surface area (Å²) in [5.41, 5.74) is 1.53. The summed E-state index contributed by atoms with van der Waals surface area (Å²) in [6.07, 6.45) is 2.91. The van der Waals surface area contributed by atoms with Crippen LogP contribution < -0.4 is 5.32 Å². The van der Waals surface area contributed by atoms with Gasteiger partial charge in [-0.3, -0.25) is 9.78 Å². The van der Waals surface area contributed by atoms with Crippen molar-refractivity contribution in [1.82, 2.24) is 9.97 Å². The predicted octanol–water partition coefficient (Wildman–Crippen LogP) is 3.02. The lowest BCUT2D eigenvalue weighted by atomic mass is 10.1. The number of nitrogens with zero attached hydrogens (tertiary/aromatic N) is 2. The topological polar surface area (TPSA) is 54.9 Å². The second-order valence-electron chi connectivity index (χ2n) is 4.20. The molecule has 20 heavy (non-hydrogen) atoms. The van der Waals surface area contributed by atoms with E-state index in [0.29, 0.717) is 16.8 Å². The number of rotatable bonds is 2. The molecule has 2 heterocycles. The van der Waals surface area contributed by atoms with Gasteiger partial charge in [0.1, 0.15) is 0 Å². The third-order valence-electron chi connectivity index (χ3n) is 2.86. The fourth-order valence-electron chi connectivity index (χ4n) is 1.94. The maximum Gasteiger partial charge on any atom is 0.257 e. The number of amides is 1. The van der Waals surface area contributed by atoms with Crippen LogP contribution in [0, 0.1) is 5.95 Å². The van der Waals surface area contributed by atoms with Crippen molar-refractivity contribution in [3.8, 4) is 0 Å². The van der Waals surface area contributed by atoms with Crippen LogP contribution in [0.1, 0.15) is 10.4 Å². The van der Waals surface area contributed by atoms with Crippen LogP contribution in [0.4, 0.5) is 10.1 Å². The van der Waals surface area contributed by atoms with Gasteiger partial charge in [0.2, 0.25) is 5.95 Å². The first-order chi connectivity index (χ1) is 9.74. The van der Waals surface area contributed by atoms with Crippen LogP contribution in [0.3, 0.4) is 0 Å². The quantitative estimate of drug-likeness (QED) is 0.726. The number of hydrogen-bond donors (Lipinski definition) is 1. The Morgan fingerprint density at radius 2 is 1.90 bits per heavy atom. The first kappa shape index (κ1) is 12.2. The van der Waals surface area contributed by atoms with Crippen molar-refractivity contribution in [2.45, 2.75) is 0 Å². The second kappa shape index (κ2) is 5.05. The van der Waals surface area contributed by atoms with Crippen LogP contribution in [-0.2, 0) is 0 Å². The minimum atomic E-state index is -0.588. The Kier molecular flexibility index (Phi) is 3.09. The molecular weight excluding hydrogens is 257 g/mol. The Morgan fingerprint density at radius 3 is 2.70 bits per heavy atom. The molecule has 0 aliphatic rings. The molecular formula is C15H10FN3O. The van der Waals surface area contributed by atoms with E-state index in [2.05, 4.69) is 15.3 Å². The van der Waals surface area contributed by atoms with Gasteiger partial charge in [0.15, 0.2) is 0 Å². The third-order valence-corrected chi connectivity index (χ3v) is 2.86. The van der Waals surface area contributed by atoms with E-state index >= 15 is 0 Å². The highest BCUT2D eigenvalue weighted by molar-refractivity contribution is 6.11. The van der Waals surface area contributed by atoms with Crippen LogP contribution in [0.25, 0.3) is 10.9 Å². The SMILES string of the molecule is O=C(Nc1ccc(F)nc1)c1cccc2cccnc12. The summed E-state index contributed by atoms with van der Waals surface area (Å²) in [5, 5.41) is 3.56. The molecule has 2 aromatic heterocycles. The van der Waals surface area contributed by atoms with E-state index in [1.165, 1.54) is 18.3 Å². The van der Waals surface area contributed by atoms with Gasteiger partial charge >= 0.3 is 0 Å². The highest BCUT2D eigenvalue weighted by atomic mass is 19.1. The Bertz CT molecular complexity index is 766. The summed E-state index contributed by atoms with van der Waals surface area (Å²) in [7, 11) is 0. The number of fused-ring (bicyclic) bond motifs is 1. The Morgan fingerprint density at radius 1 is 1.05 bits per heavy atom. The van der Waals surface area contributed by atoms with Gasteiger partial charge < -0.3 is 5.32 Å². The number of carbonyl (C=O) groups is 1. The van der Waals surface area contributed by atoms with Crippen LogP contribution >= 0.6 is 0 Å². The number of hydrogen-bond acceptors (Lipinski definition) is 3. The molecule has 0 atom stereocenters. The summed E-state index contributed by atoms with van der Waals surface area (Å²) in [4.78, 5) is 20.0. The smallest absolute Gasteiger partial charge is 0.257 e. The molecule has 0 saturated carbocycles. The summed E-state index contributed by atoms with van der Waals surface area (Å²) >= 11 is 0. The van der Waals surface area contributed by atoms with Crippen LogP contribution in [-0.4, -0.2) is 15.9 Å². The molecule has 0 saturated heterocycles. The van der Waals surface area contributed by atoms with E-state index in [4.69, 9.17) is 0 Å². The Balaban J connectivity index is 1.94. The van der Waals surface area contributed by atoms with Gasteiger partial charge in [-0.25, -0.2) is 4.98 Å². The average Bonchev–Trinajstić information content (AvgIpc) is 2.49. The van der Waals surface area contributed by atoms with E-state index < -0.39 is 5.95 Å². The lowest BCUT2D eigenvalue weighted by Crippen LogP contribution is -2.13. The van der Waals surface area contributed by atoms with Crippen molar-refractivity contribution in [3.05, 3.63) is 66.4 Å². The molecule has 1 N–H and O–H groups in total. The van der Waals surface area contributed by atoms with Gasteiger partial charge in [0.05, 0.1) is 23.0 Å². The Hall–Kier alpha value is -2.82. The second-order valence-corrected chi connectivity index (χ2v) is 4.20. The zero-order valence-electron chi connectivity index (χ0n) is 10.4. The molecule has 1 aromatic carbocycles. The van der Waals surface area contributed by atoms with Crippen molar-refractivity contribution in [1.29, 1.82) is 0 Å². The van der Waals surface area contributed by atoms with E-state index in [-0.39, 0.29) is 5.91 Å². The van der Waals surface area contributed by atoms with E-state index in [1.54, 1.807) is 18.3 Å². The highest BCUT2D eigenvalue weighted by Gasteiger charge is 2.11. The maximum absolute atomic E-state index is 12.7. The number of nitrogens with one attached hydrogen (secondary N) is 1. The van der Waals surface area contributed by atoms with E-state index in [9.17, 15) is 9.18 Å². The lowest BCUT2D eigenvalue weighted by Gasteiger charge is -2.07. The molecule has 0 aliphatic carbocycles. The highest BCUT2D eigenvalue weighted by Crippen LogP contribution is 2.17. The van der Waals surface area contributed by atoms with Gasteiger partial charge in [-0.15, -0.1) is 0 Å². The predicted molar refractivity (Wildman–Crippen MR) is 73.9 cm³/mol. The molecule has 1 amide bonds. The molecule has 0 aliphatic heterocycles. The monoisotopic (exact) mass is 267 g/mol. The third kappa shape index (κ3) is 2.33. The fraction of sp³-hybridized carbons (Fsp3) is 0. The van der Waals surface area contributed by atoms with Gasteiger partial charge in [-0.05, 0) is 24.3 Å².